The largest absolute Gasteiger partial charge is 0.454 e. The molecule has 0 aliphatic heterocycles. The second kappa shape index (κ2) is 2.87. The van der Waals surface area contributed by atoms with E-state index in [9.17, 15) is 4.79 Å². The van der Waals surface area contributed by atoms with Gasteiger partial charge in [-0.1, -0.05) is 13.0 Å². The van der Waals surface area contributed by atoms with Gasteiger partial charge in [0, 0.05) is 12.3 Å². The molecule has 2 heteroatoms. The fraction of sp³-hybridized carbons (Fsp3) is 0.769. The highest BCUT2D eigenvalue weighted by Crippen LogP contribution is 2.60. The molecule has 2 nitrogen and oxygen atoms in total. The predicted octanol–water partition coefficient (Wildman–Crippen LogP) is 2.68. The van der Waals surface area contributed by atoms with E-state index in [1.165, 1.54) is 24.8 Å². The van der Waals surface area contributed by atoms with E-state index < -0.39 is 0 Å². The van der Waals surface area contributed by atoms with Crippen LogP contribution in [0.3, 0.4) is 0 Å². The van der Waals surface area contributed by atoms with Gasteiger partial charge in [0.05, 0.1) is 0 Å². The molecule has 2 fully saturated rings. The van der Waals surface area contributed by atoms with Gasteiger partial charge >= 0.3 is 5.97 Å². The Kier molecular flexibility index (Phi) is 1.80. The zero-order valence-corrected chi connectivity index (χ0v) is 9.45. The standard InChI is InChI=1S/C13H18O2/c1-3-12(14)15-13(2)10-5-8-4-9(7-10)11(13)6-8/h7-9,11H,3-6H2,1-2H3. The van der Waals surface area contributed by atoms with Crippen LogP contribution >= 0.6 is 0 Å². The Bertz CT molecular complexity index is 344. The Morgan fingerprint density at radius 2 is 2.40 bits per heavy atom. The quantitative estimate of drug-likeness (QED) is 0.513. The van der Waals surface area contributed by atoms with Crippen molar-refractivity contribution in [2.75, 3.05) is 0 Å². The Balaban J connectivity index is 1.88. The average Bonchev–Trinajstić information content (AvgIpc) is 2.60. The van der Waals surface area contributed by atoms with E-state index in [0.29, 0.717) is 18.3 Å². The number of esters is 1. The number of carbonyl (C=O) groups excluding carboxylic acids is 1. The summed E-state index contributed by atoms with van der Waals surface area (Å²) < 4.78 is 5.70. The summed E-state index contributed by atoms with van der Waals surface area (Å²) in [6.07, 6.45) is 6.63. The normalized spacial score (nSPS) is 45.7. The van der Waals surface area contributed by atoms with E-state index in [-0.39, 0.29) is 11.6 Å². The van der Waals surface area contributed by atoms with Crippen LogP contribution in [-0.2, 0) is 9.53 Å². The van der Waals surface area contributed by atoms with Crippen molar-refractivity contribution in [1.82, 2.24) is 0 Å². The summed E-state index contributed by atoms with van der Waals surface area (Å²) in [5.74, 6) is 2.12. The molecular weight excluding hydrogens is 188 g/mol. The number of carbonyl (C=O) groups is 1. The lowest BCUT2D eigenvalue weighted by atomic mass is 9.76. The molecule has 0 saturated heterocycles. The maximum Gasteiger partial charge on any atom is 0.306 e. The van der Waals surface area contributed by atoms with Gasteiger partial charge in [-0.05, 0) is 43.6 Å². The third-order valence-corrected chi connectivity index (χ3v) is 4.59. The van der Waals surface area contributed by atoms with Crippen LogP contribution in [0, 0.1) is 17.8 Å². The summed E-state index contributed by atoms with van der Waals surface area (Å²) in [4.78, 5) is 11.5. The van der Waals surface area contributed by atoms with E-state index in [0.717, 1.165) is 5.92 Å². The molecule has 4 aliphatic carbocycles. The molecule has 0 N–H and O–H groups in total. The number of rotatable bonds is 2. The van der Waals surface area contributed by atoms with Gasteiger partial charge < -0.3 is 4.74 Å². The monoisotopic (exact) mass is 206 g/mol. The van der Waals surface area contributed by atoms with E-state index >= 15 is 0 Å². The third-order valence-electron chi connectivity index (χ3n) is 4.59. The minimum atomic E-state index is -0.245. The van der Waals surface area contributed by atoms with Gasteiger partial charge in [-0.25, -0.2) is 0 Å². The second-order valence-corrected chi connectivity index (χ2v) is 5.44. The van der Waals surface area contributed by atoms with Crippen LogP contribution in [0.1, 0.15) is 39.5 Å². The van der Waals surface area contributed by atoms with E-state index in [2.05, 4.69) is 13.0 Å². The molecule has 4 atom stereocenters. The van der Waals surface area contributed by atoms with Crippen LogP contribution in [0.4, 0.5) is 0 Å². The highest BCUT2D eigenvalue weighted by atomic mass is 16.6. The Morgan fingerprint density at radius 3 is 3.07 bits per heavy atom. The lowest BCUT2D eigenvalue weighted by Gasteiger charge is -2.38. The molecule has 4 bridgehead atoms. The highest BCUT2D eigenvalue weighted by molar-refractivity contribution is 5.70. The number of allylic oxidation sites excluding steroid dienone is 1. The maximum atomic E-state index is 11.5. The molecule has 2 saturated carbocycles. The molecule has 0 aromatic heterocycles. The molecule has 0 spiro atoms. The number of hydrogen-bond acceptors (Lipinski definition) is 2. The van der Waals surface area contributed by atoms with Crippen LogP contribution in [0.5, 0.6) is 0 Å². The second-order valence-electron chi connectivity index (χ2n) is 5.44. The lowest BCUT2D eigenvalue weighted by Crippen LogP contribution is -2.41. The smallest absolute Gasteiger partial charge is 0.306 e. The van der Waals surface area contributed by atoms with Crippen LogP contribution in [0.2, 0.25) is 0 Å². The summed E-state index contributed by atoms with van der Waals surface area (Å²) in [7, 11) is 0. The Hall–Kier alpha value is -0.790. The maximum absolute atomic E-state index is 11.5. The summed E-state index contributed by atoms with van der Waals surface area (Å²) in [5.41, 5.74) is 1.16. The van der Waals surface area contributed by atoms with Crippen LogP contribution in [-0.4, -0.2) is 11.6 Å². The van der Waals surface area contributed by atoms with Gasteiger partial charge in [-0.2, -0.15) is 0 Å². The van der Waals surface area contributed by atoms with Gasteiger partial charge in [0.2, 0.25) is 0 Å². The van der Waals surface area contributed by atoms with Gasteiger partial charge in [0.25, 0.3) is 0 Å². The zero-order valence-electron chi connectivity index (χ0n) is 9.45. The topological polar surface area (TPSA) is 26.3 Å². The van der Waals surface area contributed by atoms with Crippen LogP contribution in [0.25, 0.3) is 0 Å². The Morgan fingerprint density at radius 1 is 1.60 bits per heavy atom. The first-order chi connectivity index (χ1) is 7.13. The van der Waals surface area contributed by atoms with Crippen molar-refractivity contribution in [1.29, 1.82) is 0 Å². The minimum Gasteiger partial charge on any atom is -0.454 e. The predicted molar refractivity (Wildman–Crippen MR) is 57.2 cm³/mol. The lowest BCUT2D eigenvalue weighted by molar-refractivity contribution is -0.159. The zero-order chi connectivity index (χ0) is 10.6. The van der Waals surface area contributed by atoms with Crippen LogP contribution < -0.4 is 0 Å². The van der Waals surface area contributed by atoms with Gasteiger partial charge in [-0.3, -0.25) is 4.79 Å². The van der Waals surface area contributed by atoms with E-state index in [1.807, 2.05) is 6.92 Å². The minimum absolute atomic E-state index is 0.0469. The third kappa shape index (κ3) is 1.14. The van der Waals surface area contributed by atoms with Crippen molar-refractivity contribution in [3.63, 3.8) is 0 Å². The molecule has 0 amide bonds. The molecule has 4 unspecified atom stereocenters. The van der Waals surface area contributed by atoms with Crippen molar-refractivity contribution in [3.8, 4) is 0 Å². The van der Waals surface area contributed by atoms with Crippen molar-refractivity contribution in [3.05, 3.63) is 11.6 Å². The van der Waals surface area contributed by atoms with Crippen molar-refractivity contribution >= 4 is 5.97 Å². The summed E-state index contributed by atoms with van der Waals surface area (Å²) in [5, 5.41) is 0. The molecule has 0 aromatic carbocycles. The van der Waals surface area contributed by atoms with E-state index in [1.54, 1.807) is 0 Å². The molecule has 4 rings (SSSR count). The average molecular weight is 206 g/mol. The van der Waals surface area contributed by atoms with Crippen molar-refractivity contribution in [2.24, 2.45) is 17.8 Å². The van der Waals surface area contributed by atoms with E-state index in [4.69, 9.17) is 4.74 Å². The van der Waals surface area contributed by atoms with Crippen molar-refractivity contribution < 1.29 is 9.53 Å². The molecule has 4 aliphatic rings. The molecule has 82 valence electrons. The first kappa shape index (κ1) is 9.44. The molecular formula is C13H18O2. The fourth-order valence-electron chi connectivity index (χ4n) is 3.86. The highest BCUT2D eigenvalue weighted by Gasteiger charge is 2.57. The Labute approximate surface area is 90.7 Å². The first-order valence-electron chi connectivity index (χ1n) is 6.06. The van der Waals surface area contributed by atoms with Gasteiger partial charge in [0.1, 0.15) is 5.60 Å². The summed E-state index contributed by atoms with van der Waals surface area (Å²) in [6.45, 7) is 3.99. The van der Waals surface area contributed by atoms with Crippen LogP contribution in [0.15, 0.2) is 11.6 Å². The molecule has 15 heavy (non-hydrogen) atoms. The summed E-state index contributed by atoms with van der Waals surface area (Å²) >= 11 is 0. The molecule has 0 aromatic rings. The van der Waals surface area contributed by atoms with Crippen molar-refractivity contribution in [2.45, 2.75) is 45.1 Å². The van der Waals surface area contributed by atoms with Gasteiger partial charge in [0.15, 0.2) is 0 Å². The first-order valence-corrected chi connectivity index (χ1v) is 6.06. The summed E-state index contributed by atoms with van der Waals surface area (Å²) in [6, 6.07) is 0. The molecule has 0 heterocycles. The SMILES string of the molecule is CCC(=O)OC1(C)C2=CC3CC(C2)CC31. The molecule has 0 radical (unpaired) electrons. The van der Waals surface area contributed by atoms with Gasteiger partial charge in [-0.15, -0.1) is 0 Å². The fourth-order valence-corrected chi connectivity index (χ4v) is 3.86. The number of hydrogen-bond donors (Lipinski definition) is 0. The number of ether oxygens (including phenoxy) is 1.